The van der Waals surface area contributed by atoms with Gasteiger partial charge in [-0.05, 0) is 17.7 Å². The normalized spacial score (nSPS) is 11.1. The lowest BCUT2D eigenvalue weighted by Crippen LogP contribution is -2.46. The van der Waals surface area contributed by atoms with E-state index >= 15 is 0 Å². The summed E-state index contributed by atoms with van der Waals surface area (Å²) in [5, 5.41) is 21.8. The van der Waals surface area contributed by atoms with E-state index < -0.39 is 18.0 Å². The van der Waals surface area contributed by atoms with Gasteiger partial charge >= 0.3 is 6.09 Å². The Kier molecular flexibility index (Phi) is 4.69. The first-order valence-corrected chi connectivity index (χ1v) is 5.27. The van der Waals surface area contributed by atoms with Crippen LogP contribution in [-0.4, -0.2) is 30.2 Å². The van der Waals surface area contributed by atoms with Crippen LogP contribution < -0.4 is 10.6 Å². The van der Waals surface area contributed by atoms with Crippen LogP contribution in [-0.2, 0) is 11.2 Å². The van der Waals surface area contributed by atoms with Crippen LogP contribution in [0.15, 0.2) is 24.3 Å². The van der Waals surface area contributed by atoms with Gasteiger partial charge in [0.05, 0.1) is 11.6 Å². The molecule has 0 unspecified atom stereocenters. The zero-order chi connectivity index (χ0) is 13.5. The molecule has 0 saturated carbocycles. The predicted molar refractivity (Wildman–Crippen MR) is 63.9 cm³/mol. The first-order valence-electron chi connectivity index (χ1n) is 5.27. The Morgan fingerprint density at radius 3 is 2.44 bits per heavy atom. The fourth-order valence-electron chi connectivity index (χ4n) is 1.48. The molecule has 0 fully saturated rings. The summed E-state index contributed by atoms with van der Waals surface area (Å²) < 4.78 is 0. The number of likely N-dealkylation sites (N-methyl/N-ethyl adjacent to an activating group) is 1. The number of carboxylic acid groups (broad SMARTS) is 1. The third-order valence-corrected chi connectivity index (χ3v) is 2.38. The quantitative estimate of drug-likeness (QED) is 0.720. The Labute approximate surface area is 104 Å². The van der Waals surface area contributed by atoms with Gasteiger partial charge in [-0.3, -0.25) is 4.79 Å². The van der Waals surface area contributed by atoms with Crippen LogP contribution in [0, 0.1) is 11.3 Å². The molecule has 3 N–H and O–H groups in total. The number of hydrogen-bond acceptors (Lipinski definition) is 3. The molecular formula is C12H13N3O3. The predicted octanol–water partition coefficient (Wildman–Crippen LogP) is 0.483. The highest BCUT2D eigenvalue weighted by molar-refractivity contribution is 5.85. The van der Waals surface area contributed by atoms with E-state index in [1.807, 2.05) is 6.07 Å². The molecule has 94 valence electrons. The molecule has 0 aliphatic carbocycles. The van der Waals surface area contributed by atoms with Gasteiger partial charge in [-0.2, -0.15) is 5.26 Å². The number of carbonyl (C=O) groups is 2. The lowest BCUT2D eigenvalue weighted by atomic mass is 10.0. The zero-order valence-corrected chi connectivity index (χ0v) is 9.80. The van der Waals surface area contributed by atoms with Gasteiger partial charge in [-0.1, -0.05) is 12.1 Å². The minimum Gasteiger partial charge on any atom is -0.465 e. The van der Waals surface area contributed by atoms with Crippen LogP contribution in [0.4, 0.5) is 4.79 Å². The summed E-state index contributed by atoms with van der Waals surface area (Å²) in [6, 6.07) is 7.77. The first-order chi connectivity index (χ1) is 8.56. The summed E-state index contributed by atoms with van der Waals surface area (Å²) in [6.45, 7) is 0. The number of nitriles is 1. The van der Waals surface area contributed by atoms with Crippen LogP contribution in [0.25, 0.3) is 0 Å². The van der Waals surface area contributed by atoms with Crippen LogP contribution in [0.5, 0.6) is 0 Å². The standard InChI is InChI=1S/C12H13N3O3/c1-14-11(16)10(15-12(17)18)6-8-2-4-9(7-13)5-3-8/h2-5,10,15H,6H2,1H3,(H,14,16)(H,17,18)/t10-/m0/s1. The van der Waals surface area contributed by atoms with Gasteiger partial charge in [0.1, 0.15) is 6.04 Å². The molecule has 6 nitrogen and oxygen atoms in total. The van der Waals surface area contributed by atoms with Gasteiger partial charge in [0, 0.05) is 13.5 Å². The molecule has 1 rings (SSSR count). The maximum atomic E-state index is 11.5. The fraction of sp³-hybridized carbons (Fsp3) is 0.250. The van der Waals surface area contributed by atoms with E-state index in [0.29, 0.717) is 5.56 Å². The van der Waals surface area contributed by atoms with Crippen LogP contribution >= 0.6 is 0 Å². The van der Waals surface area contributed by atoms with Crippen molar-refractivity contribution in [2.45, 2.75) is 12.5 Å². The number of nitrogens with one attached hydrogen (secondary N) is 2. The Bertz CT molecular complexity index is 476. The molecule has 1 aromatic rings. The van der Waals surface area contributed by atoms with Crippen molar-refractivity contribution >= 4 is 12.0 Å². The number of amides is 2. The van der Waals surface area contributed by atoms with Gasteiger partial charge in [0.15, 0.2) is 0 Å². The average molecular weight is 247 g/mol. The highest BCUT2D eigenvalue weighted by Crippen LogP contribution is 2.06. The minimum atomic E-state index is -1.25. The van der Waals surface area contributed by atoms with E-state index in [1.165, 1.54) is 7.05 Å². The highest BCUT2D eigenvalue weighted by Gasteiger charge is 2.19. The molecular weight excluding hydrogens is 234 g/mol. The number of carbonyl (C=O) groups excluding carboxylic acids is 1. The minimum absolute atomic E-state index is 0.234. The van der Waals surface area contributed by atoms with Gasteiger partial charge in [-0.15, -0.1) is 0 Å². The second-order valence-corrected chi connectivity index (χ2v) is 3.63. The van der Waals surface area contributed by atoms with Crippen molar-refractivity contribution in [3.8, 4) is 6.07 Å². The summed E-state index contributed by atoms with van der Waals surface area (Å²) in [6.07, 6.45) is -1.02. The molecule has 0 radical (unpaired) electrons. The monoisotopic (exact) mass is 247 g/mol. The van der Waals surface area contributed by atoms with E-state index in [1.54, 1.807) is 24.3 Å². The molecule has 0 saturated heterocycles. The second-order valence-electron chi connectivity index (χ2n) is 3.63. The van der Waals surface area contributed by atoms with Crippen molar-refractivity contribution in [2.75, 3.05) is 7.05 Å². The summed E-state index contributed by atoms with van der Waals surface area (Å²) in [5.74, 6) is -0.401. The third-order valence-electron chi connectivity index (χ3n) is 2.38. The molecule has 1 atom stereocenters. The summed E-state index contributed by atoms with van der Waals surface area (Å²) >= 11 is 0. The van der Waals surface area contributed by atoms with Crippen molar-refractivity contribution < 1.29 is 14.7 Å². The highest BCUT2D eigenvalue weighted by atomic mass is 16.4. The van der Waals surface area contributed by atoms with E-state index in [-0.39, 0.29) is 6.42 Å². The molecule has 0 aliphatic heterocycles. The van der Waals surface area contributed by atoms with Crippen LogP contribution in [0.3, 0.4) is 0 Å². The van der Waals surface area contributed by atoms with Crippen molar-refractivity contribution in [1.82, 2.24) is 10.6 Å². The largest absolute Gasteiger partial charge is 0.465 e. The summed E-state index contributed by atoms with van der Waals surface area (Å²) in [4.78, 5) is 22.1. The smallest absolute Gasteiger partial charge is 0.405 e. The lowest BCUT2D eigenvalue weighted by molar-refractivity contribution is -0.122. The molecule has 0 bridgehead atoms. The number of rotatable bonds is 4. The van der Waals surface area contributed by atoms with Gasteiger partial charge in [-0.25, -0.2) is 4.79 Å². The Morgan fingerprint density at radius 2 is 2.00 bits per heavy atom. The van der Waals surface area contributed by atoms with E-state index in [0.717, 1.165) is 5.56 Å². The molecule has 1 aromatic carbocycles. The Morgan fingerprint density at radius 1 is 1.39 bits per heavy atom. The van der Waals surface area contributed by atoms with E-state index in [9.17, 15) is 9.59 Å². The molecule has 0 aromatic heterocycles. The number of benzene rings is 1. The first kappa shape index (κ1) is 13.5. The third kappa shape index (κ3) is 3.79. The summed E-state index contributed by atoms with van der Waals surface area (Å²) in [7, 11) is 1.44. The SMILES string of the molecule is CNC(=O)[C@H](Cc1ccc(C#N)cc1)NC(=O)O. The van der Waals surface area contributed by atoms with Crippen molar-refractivity contribution in [3.63, 3.8) is 0 Å². The van der Waals surface area contributed by atoms with Crippen molar-refractivity contribution in [1.29, 1.82) is 5.26 Å². The molecule has 6 heteroatoms. The maximum absolute atomic E-state index is 11.5. The topological polar surface area (TPSA) is 102 Å². The molecule has 0 heterocycles. The number of nitrogens with zero attached hydrogens (tertiary/aromatic N) is 1. The lowest BCUT2D eigenvalue weighted by Gasteiger charge is -2.15. The fourth-order valence-corrected chi connectivity index (χ4v) is 1.48. The van der Waals surface area contributed by atoms with Crippen molar-refractivity contribution in [3.05, 3.63) is 35.4 Å². The van der Waals surface area contributed by atoms with E-state index in [2.05, 4.69) is 10.6 Å². The van der Waals surface area contributed by atoms with Gasteiger partial charge in [0.25, 0.3) is 0 Å². The Hall–Kier alpha value is -2.55. The second kappa shape index (κ2) is 6.25. The average Bonchev–Trinajstić information content (AvgIpc) is 2.37. The summed E-state index contributed by atoms with van der Waals surface area (Å²) in [5.41, 5.74) is 1.29. The molecule has 0 aliphatic rings. The van der Waals surface area contributed by atoms with Crippen molar-refractivity contribution in [2.24, 2.45) is 0 Å². The van der Waals surface area contributed by atoms with Crippen LogP contribution in [0.2, 0.25) is 0 Å². The molecule has 0 spiro atoms. The van der Waals surface area contributed by atoms with Crippen LogP contribution in [0.1, 0.15) is 11.1 Å². The Balaban J connectivity index is 2.78. The zero-order valence-electron chi connectivity index (χ0n) is 9.80. The molecule has 2 amide bonds. The van der Waals surface area contributed by atoms with Gasteiger partial charge < -0.3 is 15.7 Å². The maximum Gasteiger partial charge on any atom is 0.405 e. The van der Waals surface area contributed by atoms with E-state index in [4.69, 9.17) is 10.4 Å². The molecule has 18 heavy (non-hydrogen) atoms. The number of hydrogen-bond donors (Lipinski definition) is 3. The van der Waals surface area contributed by atoms with Gasteiger partial charge in [0.2, 0.25) is 5.91 Å².